The Bertz CT molecular complexity index is 281. The zero-order valence-electron chi connectivity index (χ0n) is 7.73. The molecule has 0 saturated carbocycles. The Labute approximate surface area is 78.2 Å². The molecule has 13 heavy (non-hydrogen) atoms. The van der Waals surface area contributed by atoms with Crippen LogP contribution < -0.4 is 0 Å². The first-order valence-corrected chi connectivity index (χ1v) is 4.46. The summed E-state index contributed by atoms with van der Waals surface area (Å²) in [7, 11) is 0. The lowest BCUT2D eigenvalue weighted by molar-refractivity contribution is -0.110. The fraction of sp³-hybridized carbons (Fsp3) is 0.364. The summed E-state index contributed by atoms with van der Waals surface area (Å²) < 4.78 is 0. The van der Waals surface area contributed by atoms with E-state index in [-0.39, 0.29) is 5.92 Å². The molecule has 0 aliphatic heterocycles. The average Bonchev–Trinajstić information content (AvgIpc) is 2.16. The topological polar surface area (TPSA) is 37.3 Å². The molecule has 1 N–H and O–H groups in total. The number of aromatic hydroxyl groups is 1. The van der Waals surface area contributed by atoms with Crippen LogP contribution in [0.25, 0.3) is 0 Å². The van der Waals surface area contributed by atoms with E-state index in [4.69, 9.17) is 0 Å². The second-order valence-corrected chi connectivity index (χ2v) is 3.28. The summed E-state index contributed by atoms with van der Waals surface area (Å²) in [5.41, 5.74) is 0.913. The number of hydrogen-bond acceptors (Lipinski definition) is 2. The Morgan fingerprint density at radius 1 is 1.46 bits per heavy atom. The van der Waals surface area contributed by atoms with Gasteiger partial charge in [0.1, 0.15) is 12.0 Å². The maximum atomic E-state index is 10.3. The number of rotatable bonds is 4. The largest absolute Gasteiger partial charge is 0.508 e. The molecule has 0 amide bonds. The van der Waals surface area contributed by atoms with Crippen LogP contribution in [0.2, 0.25) is 0 Å². The summed E-state index contributed by atoms with van der Waals surface area (Å²) >= 11 is 0. The second-order valence-electron chi connectivity index (χ2n) is 3.28. The van der Waals surface area contributed by atoms with Gasteiger partial charge in [-0.05, 0) is 24.5 Å². The van der Waals surface area contributed by atoms with E-state index in [1.165, 1.54) is 0 Å². The van der Waals surface area contributed by atoms with Crippen LogP contribution in [0.15, 0.2) is 24.3 Å². The van der Waals surface area contributed by atoms with Gasteiger partial charge in [-0.25, -0.2) is 0 Å². The van der Waals surface area contributed by atoms with Crippen molar-refractivity contribution in [2.45, 2.75) is 19.8 Å². The predicted octanol–water partition coefficient (Wildman–Crippen LogP) is 2.16. The van der Waals surface area contributed by atoms with Crippen LogP contribution in [0, 0.1) is 5.92 Å². The van der Waals surface area contributed by atoms with Gasteiger partial charge in [0.25, 0.3) is 0 Å². The van der Waals surface area contributed by atoms with Gasteiger partial charge in [-0.2, -0.15) is 0 Å². The minimum atomic E-state index is 0.0691. The monoisotopic (exact) mass is 178 g/mol. The first-order valence-electron chi connectivity index (χ1n) is 4.46. The molecule has 0 saturated heterocycles. The molecule has 0 fully saturated rings. The highest BCUT2D eigenvalue weighted by atomic mass is 16.3. The summed E-state index contributed by atoms with van der Waals surface area (Å²) in [5, 5.41) is 9.41. The molecule has 0 spiro atoms. The number of aldehydes is 1. The van der Waals surface area contributed by atoms with E-state index in [1.54, 1.807) is 12.1 Å². The highest BCUT2D eigenvalue weighted by Crippen LogP contribution is 2.18. The first kappa shape index (κ1) is 9.78. The van der Waals surface area contributed by atoms with Crippen LogP contribution in [-0.4, -0.2) is 11.4 Å². The number of carbonyl (C=O) groups excluding carboxylic acids is 1. The molecular formula is C11H14O2. The summed E-state index contributed by atoms with van der Waals surface area (Å²) in [6.07, 6.45) is 2.49. The third-order valence-electron chi connectivity index (χ3n) is 2.09. The number of phenols is 1. The fourth-order valence-corrected chi connectivity index (χ4v) is 1.17. The van der Waals surface area contributed by atoms with Crippen LogP contribution in [-0.2, 0) is 11.2 Å². The van der Waals surface area contributed by atoms with Gasteiger partial charge in [-0.3, -0.25) is 0 Å². The molecule has 0 bridgehead atoms. The van der Waals surface area contributed by atoms with E-state index >= 15 is 0 Å². The predicted molar refractivity (Wildman–Crippen MR) is 51.7 cm³/mol. The van der Waals surface area contributed by atoms with Gasteiger partial charge >= 0.3 is 0 Å². The minimum Gasteiger partial charge on any atom is -0.508 e. The normalized spacial score (nSPS) is 12.4. The summed E-state index contributed by atoms with van der Waals surface area (Å²) in [5.74, 6) is 0.389. The van der Waals surface area contributed by atoms with Crippen molar-refractivity contribution in [3.8, 4) is 5.75 Å². The highest BCUT2D eigenvalue weighted by Gasteiger charge is 2.03. The zero-order chi connectivity index (χ0) is 9.68. The van der Waals surface area contributed by atoms with Crippen molar-refractivity contribution in [2.75, 3.05) is 0 Å². The van der Waals surface area contributed by atoms with Crippen molar-refractivity contribution >= 4 is 6.29 Å². The fourth-order valence-electron chi connectivity index (χ4n) is 1.17. The zero-order valence-corrected chi connectivity index (χ0v) is 7.73. The maximum absolute atomic E-state index is 10.3. The summed E-state index contributed by atoms with van der Waals surface area (Å²) in [4.78, 5) is 10.3. The van der Waals surface area contributed by atoms with Crippen LogP contribution in [0.5, 0.6) is 5.75 Å². The van der Waals surface area contributed by atoms with Crippen LogP contribution in [0.3, 0.4) is 0 Å². The first-order chi connectivity index (χ1) is 6.24. The van der Waals surface area contributed by atoms with Crippen molar-refractivity contribution in [1.82, 2.24) is 0 Å². The summed E-state index contributed by atoms with van der Waals surface area (Å²) in [6, 6.07) is 7.23. The molecule has 0 radical (unpaired) electrons. The highest BCUT2D eigenvalue weighted by molar-refractivity contribution is 5.52. The Morgan fingerprint density at radius 2 is 2.15 bits per heavy atom. The number of carbonyl (C=O) groups is 1. The van der Waals surface area contributed by atoms with Gasteiger partial charge in [0.2, 0.25) is 0 Å². The van der Waals surface area contributed by atoms with Gasteiger partial charge in [-0.15, -0.1) is 0 Å². The maximum Gasteiger partial charge on any atom is 0.122 e. The molecular weight excluding hydrogens is 164 g/mol. The number of benzene rings is 1. The molecule has 2 heteroatoms. The van der Waals surface area contributed by atoms with E-state index in [0.717, 1.165) is 24.7 Å². The third kappa shape index (κ3) is 2.90. The minimum absolute atomic E-state index is 0.0691. The molecule has 1 atom stereocenters. The van der Waals surface area contributed by atoms with E-state index < -0.39 is 0 Å². The Balaban J connectivity index is 2.54. The molecule has 1 unspecified atom stereocenters. The number of para-hydroxylation sites is 1. The number of hydrogen-bond donors (Lipinski definition) is 1. The van der Waals surface area contributed by atoms with Gasteiger partial charge < -0.3 is 9.90 Å². The number of phenolic OH excluding ortho intramolecular Hbond substituents is 1. The molecule has 0 aromatic heterocycles. The Hall–Kier alpha value is -1.31. The van der Waals surface area contributed by atoms with Gasteiger partial charge in [-0.1, -0.05) is 25.1 Å². The van der Waals surface area contributed by atoms with Gasteiger partial charge in [0, 0.05) is 5.92 Å². The Kier molecular flexibility index (Phi) is 3.50. The lowest BCUT2D eigenvalue weighted by atomic mass is 10.0. The van der Waals surface area contributed by atoms with Gasteiger partial charge in [0.05, 0.1) is 0 Å². The molecule has 1 rings (SSSR count). The SMILES string of the molecule is CC(C=O)CCc1ccccc1O. The quantitative estimate of drug-likeness (QED) is 0.717. The van der Waals surface area contributed by atoms with Crippen LogP contribution >= 0.6 is 0 Å². The van der Waals surface area contributed by atoms with Crippen molar-refractivity contribution in [3.63, 3.8) is 0 Å². The lowest BCUT2D eigenvalue weighted by Gasteiger charge is -2.05. The molecule has 1 aromatic rings. The van der Waals surface area contributed by atoms with Crippen LogP contribution in [0.1, 0.15) is 18.9 Å². The van der Waals surface area contributed by atoms with Gasteiger partial charge in [0.15, 0.2) is 0 Å². The van der Waals surface area contributed by atoms with E-state index in [2.05, 4.69) is 0 Å². The van der Waals surface area contributed by atoms with Crippen molar-refractivity contribution in [3.05, 3.63) is 29.8 Å². The van der Waals surface area contributed by atoms with Crippen molar-refractivity contribution in [2.24, 2.45) is 5.92 Å². The molecule has 1 aromatic carbocycles. The molecule has 0 aliphatic carbocycles. The average molecular weight is 178 g/mol. The standard InChI is InChI=1S/C11H14O2/c1-9(8-12)6-7-10-4-2-3-5-11(10)13/h2-5,8-9,13H,6-7H2,1H3. The van der Waals surface area contributed by atoms with E-state index in [0.29, 0.717) is 5.75 Å². The Morgan fingerprint density at radius 3 is 2.77 bits per heavy atom. The molecule has 70 valence electrons. The summed E-state index contributed by atoms with van der Waals surface area (Å²) in [6.45, 7) is 1.88. The molecule has 0 heterocycles. The number of aryl methyl sites for hydroxylation is 1. The second kappa shape index (κ2) is 4.65. The van der Waals surface area contributed by atoms with Crippen molar-refractivity contribution in [1.29, 1.82) is 0 Å². The molecule has 2 nitrogen and oxygen atoms in total. The lowest BCUT2D eigenvalue weighted by Crippen LogP contribution is -1.98. The third-order valence-corrected chi connectivity index (χ3v) is 2.09. The van der Waals surface area contributed by atoms with E-state index in [9.17, 15) is 9.90 Å². The molecule has 0 aliphatic rings. The smallest absolute Gasteiger partial charge is 0.122 e. The van der Waals surface area contributed by atoms with Crippen LogP contribution in [0.4, 0.5) is 0 Å². The van der Waals surface area contributed by atoms with E-state index in [1.807, 2.05) is 19.1 Å². The van der Waals surface area contributed by atoms with Crippen molar-refractivity contribution < 1.29 is 9.90 Å².